The first-order chi connectivity index (χ1) is 17.9. The van der Waals surface area contributed by atoms with Crippen LogP contribution in [0.2, 0.25) is 0 Å². The van der Waals surface area contributed by atoms with Crippen molar-refractivity contribution >= 4 is 32.5 Å². The maximum Gasteiger partial charge on any atom is 0.254 e. The first-order valence-corrected chi connectivity index (χ1v) is 14.5. The highest BCUT2D eigenvalue weighted by Gasteiger charge is 2.33. The van der Waals surface area contributed by atoms with Gasteiger partial charge >= 0.3 is 0 Å². The first kappa shape index (κ1) is 23.7. The second-order valence-electron chi connectivity index (χ2n) is 9.82. The van der Waals surface area contributed by atoms with Crippen LogP contribution in [-0.4, -0.2) is 71.7 Å². The summed E-state index contributed by atoms with van der Waals surface area (Å²) in [5, 5.41) is 5.43. The van der Waals surface area contributed by atoms with E-state index < -0.39 is 9.84 Å². The van der Waals surface area contributed by atoms with Crippen molar-refractivity contribution < 1.29 is 13.2 Å². The van der Waals surface area contributed by atoms with Gasteiger partial charge in [0.2, 0.25) is 0 Å². The van der Waals surface area contributed by atoms with E-state index in [9.17, 15) is 13.2 Å². The van der Waals surface area contributed by atoms with Gasteiger partial charge in [0.05, 0.1) is 39.9 Å². The largest absolute Gasteiger partial charge is 0.368 e. The van der Waals surface area contributed by atoms with Gasteiger partial charge < -0.3 is 9.80 Å². The van der Waals surface area contributed by atoms with Crippen molar-refractivity contribution in [3.8, 4) is 11.3 Å². The number of rotatable bonds is 4. The third-order valence-corrected chi connectivity index (χ3v) is 9.13. The predicted molar refractivity (Wildman–Crippen MR) is 145 cm³/mol. The molecule has 2 fully saturated rings. The minimum Gasteiger partial charge on any atom is -0.368 e. The summed E-state index contributed by atoms with van der Waals surface area (Å²) in [6.45, 7) is 4.62. The average molecular weight is 516 g/mol. The Morgan fingerprint density at radius 1 is 0.946 bits per heavy atom. The molecule has 2 aliphatic heterocycles. The van der Waals surface area contributed by atoms with Crippen LogP contribution in [0.4, 0.5) is 5.69 Å². The highest BCUT2D eigenvalue weighted by atomic mass is 32.2. The third kappa shape index (κ3) is 4.48. The van der Waals surface area contributed by atoms with Crippen molar-refractivity contribution in [2.45, 2.75) is 19.4 Å². The molecule has 2 aromatic heterocycles. The van der Waals surface area contributed by atoms with Gasteiger partial charge in [-0.15, -0.1) is 0 Å². The molecule has 1 amide bonds. The molecular formula is C28H29N5O3S. The number of sulfone groups is 1. The summed E-state index contributed by atoms with van der Waals surface area (Å²) in [4.78, 5) is 23.1. The number of amides is 1. The number of carbonyl (C=O) groups is 1. The maximum atomic E-state index is 14.0. The Morgan fingerprint density at radius 2 is 1.62 bits per heavy atom. The van der Waals surface area contributed by atoms with Crippen LogP contribution in [0.1, 0.15) is 28.5 Å². The van der Waals surface area contributed by atoms with Crippen molar-refractivity contribution in [2.24, 2.45) is 0 Å². The minimum atomic E-state index is -3.11. The van der Waals surface area contributed by atoms with Gasteiger partial charge in [-0.3, -0.25) is 4.79 Å². The summed E-state index contributed by atoms with van der Waals surface area (Å²) in [5.41, 5.74) is 4.58. The lowest BCUT2D eigenvalue weighted by Crippen LogP contribution is -2.48. The smallest absolute Gasteiger partial charge is 0.254 e. The zero-order valence-corrected chi connectivity index (χ0v) is 21.6. The van der Waals surface area contributed by atoms with E-state index in [1.54, 1.807) is 4.68 Å². The molecule has 2 saturated heterocycles. The van der Waals surface area contributed by atoms with Gasteiger partial charge in [0.25, 0.3) is 5.91 Å². The number of aromatic nitrogens is 3. The lowest BCUT2D eigenvalue weighted by atomic mass is 10.0. The second-order valence-corrected chi connectivity index (χ2v) is 12.1. The van der Waals surface area contributed by atoms with E-state index in [0.717, 1.165) is 24.3 Å². The number of hydrogen-bond donors (Lipinski definition) is 0. The van der Waals surface area contributed by atoms with Gasteiger partial charge in [-0.1, -0.05) is 48.5 Å². The van der Waals surface area contributed by atoms with E-state index in [4.69, 9.17) is 10.1 Å². The maximum absolute atomic E-state index is 14.0. The molecular weight excluding hydrogens is 486 g/mol. The summed E-state index contributed by atoms with van der Waals surface area (Å²) in [6.07, 6.45) is 0.501. The average Bonchev–Trinajstić information content (AvgIpc) is 3.47. The fourth-order valence-electron chi connectivity index (χ4n) is 5.44. The molecule has 2 aromatic carbocycles. The molecule has 37 heavy (non-hydrogen) atoms. The van der Waals surface area contributed by atoms with Gasteiger partial charge in [-0.2, -0.15) is 5.10 Å². The molecule has 9 heteroatoms. The van der Waals surface area contributed by atoms with Crippen molar-refractivity contribution in [3.05, 3.63) is 78.0 Å². The van der Waals surface area contributed by atoms with Crippen LogP contribution >= 0.6 is 0 Å². The quantitative estimate of drug-likeness (QED) is 0.412. The molecule has 0 saturated carbocycles. The number of hydrogen-bond acceptors (Lipinski definition) is 6. The Morgan fingerprint density at radius 3 is 2.27 bits per heavy atom. The van der Waals surface area contributed by atoms with Crippen LogP contribution in [0.3, 0.4) is 0 Å². The fraction of sp³-hybridized carbons (Fsp3) is 0.321. The normalized spacial score (nSPS) is 19.4. The van der Waals surface area contributed by atoms with Crippen LogP contribution in [-0.2, 0) is 9.84 Å². The molecule has 0 aliphatic carbocycles. The number of benzene rings is 2. The van der Waals surface area contributed by atoms with Crippen molar-refractivity contribution in [1.82, 2.24) is 19.7 Å². The van der Waals surface area contributed by atoms with Gasteiger partial charge in [-0.25, -0.2) is 18.1 Å². The molecule has 190 valence electrons. The van der Waals surface area contributed by atoms with Crippen molar-refractivity contribution in [2.75, 3.05) is 42.6 Å². The molecule has 6 rings (SSSR count). The summed E-state index contributed by atoms with van der Waals surface area (Å²) in [6, 6.07) is 21.6. The summed E-state index contributed by atoms with van der Waals surface area (Å²) in [5.74, 6) is 0.151. The molecule has 0 radical (unpaired) electrons. The molecule has 4 heterocycles. The standard InChI is InChI=1S/C28H29N5O3S/c1-20-26-24(28(34)32-15-13-31(14-16-32)22-10-6-3-7-11-22)18-25(21-8-4-2-5-9-21)29-27(26)33(30-20)23-12-17-37(35,36)19-23/h2-11,18,23H,12-17,19H2,1H3. The highest BCUT2D eigenvalue weighted by Crippen LogP contribution is 2.33. The number of aryl methyl sites for hydroxylation is 1. The van der Waals surface area contributed by atoms with E-state index in [2.05, 4.69) is 17.0 Å². The summed E-state index contributed by atoms with van der Waals surface area (Å²) in [7, 11) is -3.11. The Kier molecular flexibility index (Phi) is 5.95. The molecule has 0 spiro atoms. The number of piperazine rings is 1. The zero-order chi connectivity index (χ0) is 25.6. The van der Waals surface area contributed by atoms with E-state index in [0.29, 0.717) is 47.5 Å². The number of anilines is 1. The van der Waals surface area contributed by atoms with E-state index in [1.165, 1.54) is 0 Å². The van der Waals surface area contributed by atoms with Crippen LogP contribution in [0.15, 0.2) is 66.7 Å². The summed E-state index contributed by atoms with van der Waals surface area (Å²) < 4.78 is 26.2. The van der Waals surface area contributed by atoms with Crippen LogP contribution in [0.25, 0.3) is 22.3 Å². The minimum absolute atomic E-state index is 0.0426. The second kappa shape index (κ2) is 9.30. The fourth-order valence-corrected chi connectivity index (χ4v) is 7.13. The lowest BCUT2D eigenvalue weighted by molar-refractivity contribution is 0.0748. The Bertz CT molecular complexity index is 1560. The van der Waals surface area contributed by atoms with E-state index >= 15 is 0 Å². The number of para-hydroxylation sites is 1. The van der Waals surface area contributed by atoms with Crippen LogP contribution < -0.4 is 4.90 Å². The van der Waals surface area contributed by atoms with Gasteiger partial charge in [0.1, 0.15) is 0 Å². The number of fused-ring (bicyclic) bond motifs is 1. The van der Waals surface area contributed by atoms with Crippen LogP contribution in [0, 0.1) is 6.92 Å². The third-order valence-electron chi connectivity index (χ3n) is 7.38. The monoisotopic (exact) mass is 515 g/mol. The SMILES string of the molecule is Cc1nn(C2CCS(=O)(=O)C2)c2nc(-c3ccccc3)cc(C(=O)N3CCN(c4ccccc4)CC3)c12. The lowest BCUT2D eigenvalue weighted by Gasteiger charge is -2.36. The Hall–Kier alpha value is -3.72. The number of carbonyl (C=O) groups excluding carboxylic acids is 1. The summed E-state index contributed by atoms with van der Waals surface area (Å²) >= 11 is 0. The van der Waals surface area contributed by atoms with E-state index in [1.807, 2.05) is 66.4 Å². The molecule has 1 atom stereocenters. The number of pyridine rings is 1. The Balaban J connectivity index is 1.39. The predicted octanol–water partition coefficient (Wildman–Crippen LogP) is 3.73. The molecule has 8 nitrogen and oxygen atoms in total. The van der Waals surface area contributed by atoms with Crippen LogP contribution in [0.5, 0.6) is 0 Å². The molecule has 0 bridgehead atoms. The zero-order valence-electron chi connectivity index (χ0n) is 20.7. The molecule has 2 aliphatic rings. The van der Waals surface area contributed by atoms with E-state index in [-0.39, 0.29) is 23.5 Å². The Labute approximate surface area is 216 Å². The van der Waals surface area contributed by atoms with Crippen molar-refractivity contribution in [3.63, 3.8) is 0 Å². The van der Waals surface area contributed by atoms with Gasteiger partial charge in [0, 0.05) is 37.4 Å². The molecule has 0 N–H and O–H groups in total. The number of nitrogens with zero attached hydrogens (tertiary/aromatic N) is 5. The van der Waals surface area contributed by atoms with Gasteiger partial charge in [-0.05, 0) is 31.5 Å². The van der Waals surface area contributed by atoms with Gasteiger partial charge in [0.15, 0.2) is 15.5 Å². The molecule has 4 aromatic rings. The molecule has 1 unspecified atom stereocenters. The highest BCUT2D eigenvalue weighted by molar-refractivity contribution is 7.91. The topological polar surface area (TPSA) is 88.4 Å². The first-order valence-electron chi connectivity index (χ1n) is 12.6. The van der Waals surface area contributed by atoms with Crippen molar-refractivity contribution in [1.29, 1.82) is 0 Å².